The third kappa shape index (κ3) is 5.22. The summed E-state index contributed by atoms with van der Waals surface area (Å²) in [6, 6.07) is 3.18. The van der Waals surface area contributed by atoms with E-state index in [4.69, 9.17) is 0 Å². The molecule has 2 rings (SSSR count). The lowest BCUT2D eigenvalue weighted by molar-refractivity contribution is -0.140. The van der Waals surface area contributed by atoms with E-state index in [0.29, 0.717) is 13.1 Å². The van der Waals surface area contributed by atoms with Crippen LogP contribution in [-0.4, -0.2) is 31.1 Å². The summed E-state index contributed by atoms with van der Waals surface area (Å²) in [7, 11) is 0. The van der Waals surface area contributed by atoms with Crippen molar-refractivity contribution in [1.82, 2.24) is 10.2 Å². The predicted molar refractivity (Wildman–Crippen MR) is 92.5 cm³/mol. The first-order chi connectivity index (χ1) is 10.1. The minimum absolute atomic E-state index is 0. The summed E-state index contributed by atoms with van der Waals surface area (Å²) in [5, 5.41) is 3.21. The number of benzene rings is 1. The van der Waals surface area contributed by atoms with Crippen molar-refractivity contribution in [1.29, 1.82) is 0 Å². The fraction of sp³-hybridized carbons (Fsp3) is 0.625. The predicted octanol–water partition coefficient (Wildman–Crippen LogP) is 4.68. The molecule has 1 saturated heterocycles. The van der Waals surface area contributed by atoms with E-state index < -0.39 is 23.6 Å². The molecule has 0 radical (unpaired) electrons. The fourth-order valence-electron chi connectivity index (χ4n) is 3.13. The quantitative estimate of drug-likeness (QED) is 0.737. The van der Waals surface area contributed by atoms with Crippen molar-refractivity contribution in [2.45, 2.75) is 33.0 Å². The smallest absolute Gasteiger partial charge is 0.314 e. The summed E-state index contributed by atoms with van der Waals surface area (Å²) in [6.07, 6.45) is -4.67. The molecule has 0 spiro atoms. The lowest BCUT2D eigenvalue weighted by Gasteiger charge is -2.42. The van der Waals surface area contributed by atoms with Crippen molar-refractivity contribution < 1.29 is 17.6 Å². The molecular formula is C16H24Cl2F4N2. The first-order valence-corrected chi connectivity index (χ1v) is 7.43. The van der Waals surface area contributed by atoms with E-state index in [2.05, 4.69) is 10.2 Å². The molecule has 2 nitrogen and oxygen atoms in total. The highest BCUT2D eigenvalue weighted by atomic mass is 35.5. The summed E-state index contributed by atoms with van der Waals surface area (Å²) in [4.78, 5) is 2.06. The van der Waals surface area contributed by atoms with Crippen LogP contribution in [0.1, 0.15) is 37.9 Å². The van der Waals surface area contributed by atoms with E-state index in [-0.39, 0.29) is 35.8 Å². The minimum Gasteiger partial charge on any atom is -0.314 e. The van der Waals surface area contributed by atoms with E-state index in [1.54, 1.807) is 0 Å². The topological polar surface area (TPSA) is 15.3 Å². The first-order valence-electron chi connectivity index (χ1n) is 7.43. The van der Waals surface area contributed by atoms with Gasteiger partial charge in [0.15, 0.2) is 0 Å². The van der Waals surface area contributed by atoms with Crippen LogP contribution in [-0.2, 0) is 6.18 Å². The number of alkyl halides is 3. The van der Waals surface area contributed by atoms with Crippen molar-refractivity contribution >= 4 is 24.8 Å². The number of hydrogen-bond donors (Lipinski definition) is 1. The van der Waals surface area contributed by atoms with Gasteiger partial charge in [0.05, 0.1) is 5.56 Å². The molecule has 24 heavy (non-hydrogen) atoms. The van der Waals surface area contributed by atoms with Gasteiger partial charge in [-0.15, -0.1) is 24.8 Å². The Labute approximate surface area is 152 Å². The van der Waals surface area contributed by atoms with Crippen LogP contribution in [0.4, 0.5) is 17.6 Å². The monoisotopic (exact) mass is 390 g/mol. The lowest BCUT2D eigenvalue weighted by atomic mass is 9.80. The van der Waals surface area contributed by atoms with Crippen LogP contribution in [0.15, 0.2) is 18.2 Å². The zero-order chi connectivity index (χ0) is 16.5. The summed E-state index contributed by atoms with van der Waals surface area (Å²) in [5.74, 6) is -1.14. The number of rotatable bonds is 2. The Hall–Kier alpha value is -0.560. The maximum atomic E-state index is 14.5. The summed E-state index contributed by atoms with van der Waals surface area (Å²) in [6.45, 7) is 8.69. The number of nitrogens with zero attached hydrogens (tertiary/aromatic N) is 1. The van der Waals surface area contributed by atoms with Crippen LogP contribution in [0.5, 0.6) is 0 Å². The van der Waals surface area contributed by atoms with E-state index in [1.807, 2.05) is 20.8 Å². The molecule has 0 aliphatic carbocycles. The molecule has 1 aliphatic heterocycles. The molecular weight excluding hydrogens is 367 g/mol. The van der Waals surface area contributed by atoms with Gasteiger partial charge in [0, 0.05) is 37.8 Å². The molecule has 1 aromatic rings. The van der Waals surface area contributed by atoms with Crippen molar-refractivity contribution in [3.8, 4) is 0 Å². The average molecular weight is 391 g/mol. The second-order valence-corrected chi connectivity index (χ2v) is 6.76. The molecule has 0 unspecified atom stereocenters. The molecule has 1 heterocycles. The van der Waals surface area contributed by atoms with Crippen LogP contribution in [0.2, 0.25) is 0 Å². The van der Waals surface area contributed by atoms with E-state index in [9.17, 15) is 17.6 Å². The molecule has 0 amide bonds. The average Bonchev–Trinajstić information content (AvgIpc) is 2.39. The fourth-order valence-corrected chi connectivity index (χ4v) is 3.13. The van der Waals surface area contributed by atoms with Gasteiger partial charge in [-0.2, -0.15) is 13.2 Å². The Morgan fingerprint density at radius 3 is 2.04 bits per heavy atom. The summed E-state index contributed by atoms with van der Waals surface area (Å²) in [5.41, 5.74) is -1.43. The molecule has 0 saturated carbocycles. The third-order valence-electron chi connectivity index (χ3n) is 3.97. The molecule has 8 heteroatoms. The Kier molecular flexibility index (Phi) is 8.49. The normalized spacial score (nSPS) is 17.6. The number of piperazine rings is 1. The maximum absolute atomic E-state index is 14.5. The van der Waals surface area contributed by atoms with Crippen molar-refractivity contribution in [3.05, 3.63) is 35.1 Å². The van der Waals surface area contributed by atoms with Gasteiger partial charge in [-0.05, 0) is 11.5 Å². The zero-order valence-corrected chi connectivity index (χ0v) is 15.5. The van der Waals surface area contributed by atoms with E-state index in [0.717, 1.165) is 19.2 Å². The van der Waals surface area contributed by atoms with Crippen LogP contribution < -0.4 is 5.32 Å². The maximum Gasteiger partial charge on any atom is 0.419 e. The Bertz CT molecular complexity index is 524. The Balaban J connectivity index is 0.00000264. The number of halogens is 6. The largest absolute Gasteiger partial charge is 0.419 e. The summed E-state index contributed by atoms with van der Waals surface area (Å²) < 4.78 is 53.4. The third-order valence-corrected chi connectivity index (χ3v) is 3.97. The van der Waals surface area contributed by atoms with Gasteiger partial charge in [0.1, 0.15) is 5.82 Å². The Morgan fingerprint density at radius 2 is 1.58 bits per heavy atom. The molecule has 0 bridgehead atoms. The van der Waals surface area contributed by atoms with Crippen molar-refractivity contribution in [3.63, 3.8) is 0 Å². The van der Waals surface area contributed by atoms with Gasteiger partial charge >= 0.3 is 6.18 Å². The standard InChI is InChI=1S/C16H22F4N2.2ClH/c1-15(2,3)14(22-9-7-21-8-10-22)11-5-4-6-12(13(11)17)16(18,19)20;;/h4-6,14,21H,7-10H2,1-3H3;2*1H/t14-;;/m1../s1. The van der Waals surface area contributed by atoms with Crippen molar-refractivity contribution in [2.24, 2.45) is 5.41 Å². The molecule has 1 atom stereocenters. The van der Waals surface area contributed by atoms with Crippen molar-refractivity contribution in [2.75, 3.05) is 26.2 Å². The van der Waals surface area contributed by atoms with E-state index in [1.165, 1.54) is 12.1 Å². The van der Waals surface area contributed by atoms with Gasteiger partial charge in [-0.25, -0.2) is 4.39 Å². The molecule has 1 fully saturated rings. The SMILES string of the molecule is CC(C)(C)[C@@H](c1cccc(C(F)(F)F)c1F)N1CCNCC1.Cl.Cl. The van der Waals surface area contributed by atoms with Crippen LogP contribution >= 0.6 is 24.8 Å². The van der Waals surface area contributed by atoms with E-state index >= 15 is 0 Å². The highest BCUT2D eigenvalue weighted by Crippen LogP contribution is 2.42. The highest BCUT2D eigenvalue weighted by molar-refractivity contribution is 5.85. The first kappa shape index (κ1) is 23.4. The second-order valence-electron chi connectivity index (χ2n) is 6.76. The van der Waals surface area contributed by atoms with Gasteiger partial charge in [0.25, 0.3) is 0 Å². The second kappa shape index (κ2) is 8.70. The van der Waals surface area contributed by atoms with Crippen LogP contribution in [0.25, 0.3) is 0 Å². The lowest BCUT2D eigenvalue weighted by Crippen LogP contribution is -2.48. The van der Waals surface area contributed by atoms with Gasteiger partial charge < -0.3 is 5.32 Å². The number of hydrogen-bond acceptors (Lipinski definition) is 2. The van der Waals surface area contributed by atoms with Gasteiger partial charge in [-0.3, -0.25) is 4.90 Å². The molecule has 1 aromatic carbocycles. The molecule has 1 aliphatic rings. The molecule has 1 N–H and O–H groups in total. The van der Waals surface area contributed by atoms with Gasteiger partial charge in [0.2, 0.25) is 0 Å². The molecule has 140 valence electrons. The highest BCUT2D eigenvalue weighted by Gasteiger charge is 2.39. The number of nitrogens with one attached hydrogen (secondary N) is 1. The zero-order valence-electron chi connectivity index (χ0n) is 13.9. The summed E-state index contributed by atoms with van der Waals surface area (Å²) >= 11 is 0. The van der Waals surface area contributed by atoms with Crippen LogP contribution in [0.3, 0.4) is 0 Å². The molecule has 0 aromatic heterocycles. The van der Waals surface area contributed by atoms with Gasteiger partial charge in [-0.1, -0.05) is 32.9 Å². The van der Waals surface area contributed by atoms with Crippen LogP contribution in [0, 0.1) is 11.2 Å². The minimum atomic E-state index is -4.67. The Morgan fingerprint density at radius 1 is 1.04 bits per heavy atom.